The minimum Gasteiger partial charge on any atom is -0.394 e. The number of hydrogen-bond acceptors (Lipinski definition) is 4. The number of carbonyl (C=O) groups is 1. The van der Waals surface area contributed by atoms with Gasteiger partial charge in [-0.3, -0.25) is 4.79 Å². The fourth-order valence-corrected chi connectivity index (χ4v) is 1.52. The second-order valence-corrected chi connectivity index (χ2v) is 3.98. The summed E-state index contributed by atoms with van der Waals surface area (Å²) in [6.07, 6.45) is 0. The Balaban J connectivity index is 2.62. The van der Waals surface area contributed by atoms with Crippen LogP contribution in [0.4, 0.5) is 10.1 Å². The lowest BCUT2D eigenvalue weighted by molar-refractivity contribution is 0.0970. The van der Waals surface area contributed by atoms with Gasteiger partial charge in [0.1, 0.15) is 5.82 Å². The van der Waals surface area contributed by atoms with Crippen LogP contribution in [0.5, 0.6) is 0 Å². The van der Waals surface area contributed by atoms with Crippen LogP contribution < -0.4 is 4.90 Å². The van der Waals surface area contributed by atoms with E-state index in [0.717, 1.165) is 0 Å². The van der Waals surface area contributed by atoms with E-state index in [9.17, 15) is 9.18 Å². The molecule has 5 heteroatoms. The Bertz CT molecular complexity index is 409. The van der Waals surface area contributed by atoms with E-state index in [4.69, 9.17) is 9.84 Å². The van der Waals surface area contributed by atoms with Crippen LogP contribution in [0.2, 0.25) is 0 Å². The van der Waals surface area contributed by atoms with Gasteiger partial charge in [0.15, 0.2) is 5.78 Å². The molecule has 0 radical (unpaired) electrons. The quantitative estimate of drug-likeness (QED) is 0.592. The summed E-state index contributed by atoms with van der Waals surface area (Å²) < 4.78 is 18.9. The number of rotatable bonds is 7. The zero-order valence-corrected chi connectivity index (χ0v) is 10.6. The normalized spacial score (nSPS) is 10.4. The van der Waals surface area contributed by atoms with Gasteiger partial charge in [-0.1, -0.05) is 0 Å². The summed E-state index contributed by atoms with van der Waals surface area (Å²) in [5.41, 5.74) is 0.786. The number of aliphatic hydroxyl groups is 1. The second kappa shape index (κ2) is 7.08. The molecule has 0 aromatic heterocycles. The fourth-order valence-electron chi connectivity index (χ4n) is 1.52. The molecule has 4 nitrogen and oxygen atoms in total. The van der Waals surface area contributed by atoms with Crippen LogP contribution >= 0.6 is 0 Å². The van der Waals surface area contributed by atoms with E-state index in [1.54, 1.807) is 24.1 Å². The lowest BCUT2D eigenvalue weighted by Gasteiger charge is -2.20. The molecule has 1 rings (SSSR count). The molecule has 0 aliphatic heterocycles. The van der Waals surface area contributed by atoms with Crippen molar-refractivity contribution in [3.8, 4) is 0 Å². The first-order valence-corrected chi connectivity index (χ1v) is 5.76. The summed E-state index contributed by atoms with van der Waals surface area (Å²) >= 11 is 0. The molecule has 18 heavy (non-hydrogen) atoms. The number of benzene rings is 1. The van der Waals surface area contributed by atoms with Crippen LogP contribution in [-0.4, -0.2) is 44.3 Å². The average Bonchev–Trinajstić information content (AvgIpc) is 2.34. The number of anilines is 1. The highest BCUT2D eigenvalue weighted by Gasteiger charge is 2.09. The molecule has 1 aromatic rings. The van der Waals surface area contributed by atoms with Crippen molar-refractivity contribution in [2.75, 3.05) is 38.3 Å². The van der Waals surface area contributed by atoms with Crippen molar-refractivity contribution in [3.05, 3.63) is 29.6 Å². The van der Waals surface area contributed by atoms with E-state index >= 15 is 0 Å². The number of likely N-dealkylation sites (N-methyl/N-ethyl adjacent to an activating group) is 1. The zero-order valence-electron chi connectivity index (χ0n) is 10.6. The topological polar surface area (TPSA) is 49.8 Å². The molecule has 0 aliphatic rings. The van der Waals surface area contributed by atoms with Gasteiger partial charge in [-0.2, -0.15) is 0 Å². The number of nitrogens with zero attached hydrogens (tertiary/aromatic N) is 1. The van der Waals surface area contributed by atoms with Crippen LogP contribution in [0.15, 0.2) is 18.2 Å². The van der Waals surface area contributed by atoms with Crippen LogP contribution in [-0.2, 0) is 4.74 Å². The van der Waals surface area contributed by atoms with Gasteiger partial charge in [0.2, 0.25) is 0 Å². The molecule has 0 unspecified atom stereocenters. The van der Waals surface area contributed by atoms with Gasteiger partial charge in [-0.25, -0.2) is 4.39 Å². The van der Waals surface area contributed by atoms with Crippen molar-refractivity contribution in [2.45, 2.75) is 6.92 Å². The highest BCUT2D eigenvalue weighted by molar-refractivity contribution is 5.94. The van der Waals surface area contributed by atoms with Crippen molar-refractivity contribution >= 4 is 11.5 Å². The van der Waals surface area contributed by atoms with Gasteiger partial charge < -0.3 is 14.7 Å². The SMILES string of the molecule is CC(=O)c1ccc(N(C)CCOCCO)c(F)c1. The molecule has 1 N–H and O–H groups in total. The fraction of sp³-hybridized carbons (Fsp3) is 0.462. The highest BCUT2D eigenvalue weighted by Crippen LogP contribution is 2.19. The van der Waals surface area contributed by atoms with E-state index in [-0.39, 0.29) is 19.0 Å². The molecular weight excluding hydrogens is 237 g/mol. The lowest BCUT2D eigenvalue weighted by Crippen LogP contribution is -2.24. The molecule has 0 spiro atoms. The third-order valence-electron chi connectivity index (χ3n) is 2.57. The molecule has 100 valence electrons. The molecular formula is C13H18FNO3. The Hall–Kier alpha value is -1.46. The van der Waals surface area contributed by atoms with Crippen molar-refractivity contribution in [1.29, 1.82) is 0 Å². The van der Waals surface area contributed by atoms with Gasteiger partial charge >= 0.3 is 0 Å². The molecule has 1 aromatic carbocycles. The molecule has 0 aliphatic carbocycles. The van der Waals surface area contributed by atoms with Crippen molar-refractivity contribution in [3.63, 3.8) is 0 Å². The van der Waals surface area contributed by atoms with E-state index in [2.05, 4.69) is 0 Å². The molecule has 0 heterocycles. The predicted molar refractivity (Wildman–Crippen MR) is 67.6 cm³/mol. The maximum atomic E-state index is 13.8. The smallest absolute Gasteiger partial charge is 0.159 e. The van der Waals surface area contributed by atoms with Gasteiger partial charge in [0.25, 0.3) is 0 Å². The number of ketones is 1. The van der Waals surface area contributed by atoms with Crippen LogP contribution in [0.25, 0.3) is 0 Å². The number of ether oxygens (including phenoxy) is 1. The Morgan fingerprint density at radius 1 is 1.44 bits per heavy atom. The zero-order chi connectivity index (χ0) is 13.5. The first-order valence-electron chi connectivity index (χ1n) is 5.76. The third-order valence-corrected chi connectivity index (χ3v) is 2.57. The second-order valence-electron chi connectivity index (χ2n) is 3.98. The standard InChI is InChI=1S/C13H18FNO3/c1-10(17)11-3-4-13(12(14)9-11)15(2)5-7-18-8-6-16/h3-4,9,16H,5-8H2,1-2H3. The minimum absolute atomic E-state index is 0.0224. The Kier molecular flexibility index (Phi) is 5.74. The summed E-state index contributed by atoms with van der Waals surface area (Å²) in [4.78, 5) is 12.8. The Morgan fingerprint density at radius 3 is 2.72 bits per heavy atom. The van der Waals surface area contributed by atoms with Crippen molar-refractivity contribution in [2.24, 2.45) is 0 Å². The van der Waals surface area contributed by atoms with Crippen LogP contribution in [0.3, 0.4) is 0 Å². The van der Waals surface area contributed by atoms with Crippen molar-refractivity contribution in [1.82, 2.24) is 0 Å². The maximum absolute atomic E-state index is 13.8. The van der Waals surface area contributed by atoms with E-state index < -0.39 is 5.82 Å². The molecule has 0 saturated heterocycles. The third kappa shape index (κ3) is 4.09. The van der Waals surface area contributed by atoms with Crippen LogP contribution in [0, 0.1) is 5.82 Å². The summed E-state index contributed by atoms with van der Waals surface area (Å²) in [5, 5.41) is 8.54. The number of halogens is 1. The molecule has 0 fully saturated rings. The summed E-state index contributed by atoms with van der Waals surface area (Å²) in [6, 6.07) is 4.42. The Morgan fingerprint density at radius 2 is 2.17 bits per heavy atom. The van der Waals surface area contributed by atoms with E-state index in [1.165, 1.54) is 13.0 Å². The Labute approximate surface area is 106 Å². The predicted octanol–water partition coefficient (Wildman–Crippen LogP) is 1.47. The van der Waals surface area contributed by atoms with E-state index in [0.29, 0.717) is 24.4 Å². The van der Waals surface area contributed by atoms with Crippen LogP contribution in [0.1, 0.15) is 17.3 Å². The van der Waals surface area contributed by atoms with Gasteiger partial charge in [-0.15, -0.1) is 0 Å². The number of aliphatic hydroxyl groups excluding tert-OH is 1. The summed E-state index contributed by atoms with van der Waals surface area (Å²) in [5.74, 6) is -0.582. The number of Topliss-reactive ketones (excluding diaryl/α,β-unsaturated/α-hetero) is 1. The average molecular weight is 255 g/mol. The first-order chi connectivity index (χ1) is 8.56. The monoisotopic (exact) mass is 255 g/mol. The van der Waals surface area contributed by atoms with Crippen molar-refractivity contribution < 1.29 is 19.0 Å². The number of carbonyl (C=O) groups excluding carboxylic acids is 1. The largest absolute Gasteiger partial charge is 0.394 e. The molecule has 0 atom stereocenters. The first kappa shape index (κ1) is 14.6. The molecule has 0 amide bonds. The van der Waals surface area contributed by atoms with Gasteiger partial charge in [0, 0.05) is 19.2 Å². The summed E-state index contributed by atoms with van der Waals surface area (Å²) in [7, 11) is 1.74. The van der Waals surface area contributed by atoms with Gasteiger partial charge in [0.05, 0.1) is 25.5 Å². The number of hydrogen-bond donors (Lipinski definition) is 1. The summed E-state index contributed by atoms with van der Waals surface area (Å²) in [6.45, 7) is 2.58. The van der Waals surface area contributed by atoms with Gasteiger partial charge in [-0.05, 0) is 25.1 Å². The minimum atomic E-state index is -0.424. The molecule has 0 saturated carbocycles. The maximum Gasteiger partial charge on any atom is 0.159 e. The van der Waals surface area contributed by atoms with E-state index in [1.807, 2.05) is 0 Å². The lowest BCUT2D eigenvalue weighted by atomic mass is 10.1. The molecule has 0 bridgehead atoms. The highest BCUT2D eigenvalue weighted by atomic mass is 19.1.